The standard InChI is InChI=1S/C15H24N4O/c1-15(5-8-19(3)9-6-15)11-18-14(20)12-10-17-7-4-13(12)16-2/h4,7,10H,5-6,8-9,11H2,1-3H3,(H,16,17)(H,18,20). The first-order valence-electron chi connectivity index (χ1n) is 7.13. The molecule has 1 aliphatic heterocycles. The van der Waals surface area contributed by atoms with Crippen LogP contribution in [0.2, 0.25) is 0 Å². The molecule has 0 aliphatic carbocycles. The predicted molar refractivity (Wildman–Crippen MR) is 81.0 cm³/mol. The molecule has 5 heteroatoms. The second kappa shape index (κ2) is 6.22. The predicted octanol–water partition coefficient (Wildman–Crippen LogP) is 1.58. The average molecular weight is 276 g/mol. The average Bonchev–Trinajstić information content (AvgIpc) is 2.48. The Morgan fingerprint density at radius 3 is 2.80 bits per heavy atom. The smallest absolute Gasteiger partial charge is 0.254 e. The van der Waals surface area contributed by atoms with Gasteiger partial charge in [-0.15, -0.1) is 0 Å². The summed E-state index contributed by atoms with van der Waals surface area (Å²) in [6, 6.07) is 1.81. The van der Waals surface area contributed by atoms with Crippen LogP contribution in [0.5, 0.6) is 0 Å². The van der Waals surface area contributed by atoms with Crippen molar-refractivity contribution in [2.75, 3.05) is 39.0 Å². The van der Waals surface area contributed by atoms with Crippen LogP contribution in [-0.2, 0) is 0 Å². The van der Waals surface area contributed by atoms with Crippen molar-refractivity contribution in [1.82, 2.24) is 15.2 Å². The van der Waals surface area contributed by atoms with E-state index in [4.69, 9.17) is 0 Å². The van der Waals surface area contributed by atoms with E-state index in [1.165, 1.54) is 0 Å². The number of aromatic nitrogens is 1. The Morgan fingerprint density at radius 1 is 1.45 bits per heavy atom. The van der Waals surface area contributed by atoms with Crippen molar-refractivity contribution in [3.8, 4) is 0 Å². The van der Waals surface area contributed by atoms with Crippen molar-refractivity contribution in [2.45, 2.75) is 19.8 Å². The van der Waals surface area contributed by atoms with Gasteiger partial charge in [-0.1, -0.05) is 6.92 Å². The van der Waals surface area contributed by atoms with Gasteiger partial charge >= 0.3 is 0 Å². The maximum atomic E-state index is 12.3. The summed E-state index contributed by atoms with van der Waals surface area (Å²) in [7, 11) is 3.96. The zero-order valence-corrected chi connectivity index (χ0v) is 12.6. The van der Waals surface area contributed by atoms with E-state index in [1.54, 1.807) is 12.4 Å². The third-order valence-electron chi connectivity index (χ3n) is 4.20. The Hall–Kier alpha value is -1.62. The van der Waals surface area contributed by atoms with Gasteiger partial charge in [0.05, 0.1) is 5.56 Å². The molecule has 1 aliphatic rings. The highest BCUT2D eigenvalue weighted by atomic mass is 16.1. The van der Waals surface area contributed by atoms with Gasteiger partial charge in [0, 0.05) is 31.7 Å². The fourth-order valence-electron chi connectivity index (χ4n) is 2.52. The van der Waals surface area contributed by atoms with Crippen LogP contribution in [0, 0.1) is 5.41 Å². The molecule has 0 saturated carbocycles. The van der Waals surface area contributed by atoms with Gasteiger partial charge in [0.15, 0.2) is 0 Å². The summed E-state index contributed by atoms with van der Waals surface area (Å²) in [6.45, 7) is 5.17. The van der Waals surface area contributed by atoms with E-state index in [0.29, 0.717) is 5.56 Å². The minimum atomic E-state index is -0.0531. The summed E-state index contributed by atoms with van der Waals surface area (Å²) >= 11 is 0. The van der Waals surface area contributed by atoms with Gasteiger partial charge < -0.3 is 15.5 Å². The van der Waals surface area contributed by atoms with Gasteiger partial charge in [-0.05, 0) is 44.5 Å². The number of rotatable bonds is 4. The Morgan fingerprint density at radius 2 is 2.15 bits per heavy atom. The first-order chi connectivity index (χ1) is 9.54. The largest absolute Gasteiger partial charge is 0.387 e. The summed E-state index contributed by atoms with van der Waals surface area (Å²) in [6.07, 6.45) is 5.53. The molecule has 0 bridgehead atoms. The molecule has 20 heavy (non-hydrogen) atoms. The van der Waals surface area contributed by atoms with Crippen LogP contribution in [0.15, 0.2) is 18.5 Å². The number of hydrogen-bond donors (Lipinski definition) is 2. The van der Waals surface area contributed by atoms with Crippen molar-refractivity contribution >= 4 is 11.6 Å². The van der Waals surface area contributed by atoms with E-state index >= 15 is 0 Å². The molecule has 2 heterocycles. The molecule has 2 N–H and O–H groups in total. The van der Waals surface area contributed by atoms with Gasteiger partial charge in [-0.2, -0.15) is 0 Å². The summed E-state index contributed by atoms with van der Waals surface area (Å²) in [5, 5.41) is 6.08. The van der Waals surface area contributed by atoms with Crippen molar-refractivity contribution in [3.63, 3.8) is 0 Å². The fraction of sp³-hybridized carbons (Fsp3) is 0.600. The maximum Gasteiger partial charge on any atom is 0.254 e. The van der Waals surface area contributed by atoms with Crippen molar-refractivity contribution < 1.29 is 4.79 Å². The molecular weight excluding hydrogens is 252 g/mol. The zero-order valence-electron chi connectivity index (χ0n) is 12.6. The van der Waals surface area contributed by atoms with E-state index in [1.807, 2.05) is 13.1 Å². The molecule has 110 valence electrons. The molecule has 0 aromatic carbocycles. The van der Waals surface area contributed by atoms with E-state index in [0.717, 1.165) is 38.2 Å². The highest BCUT2D eigenvalue weighted by Gasteiger charge is 2.29. The summed E-state index contributed by atoms with van der Waals surface area (Å²) in [4.78, 5) is 18.6. The number of piperidine rings is 1. The fourth-order valence-corrected chi connectivity index (χ4v) is 2.52. The topological polar surface area (TPSA) is 57.3 Å². The number of likely N-dealkylation sites (tertiary alicyclic amines) is 1. The van der Waals surface area contributed by atoms with Crippen molar-refractivity contribution in [2.24, 2.45) is 5.41 Å². The van der Waals surface area contributed by atoms with Crippen LogP contribution in [-0.4, -0.2) is 49.5 Å². The number of nitrogens with zero attached hydrogens (tertiary/aromatic N) is 2. The minimum Gasteiger partial charge on any atom is -0.387 e. The number of carbonyl (C=O) groups excluding carboxylic acids is 1. The molecule has 1 amide bonds. The SMILES string of the molecule is CNc1ccncc1C(=O)NCC1(C)CCN(C)CC1. The van der Waals surface area contributed by atoms with Gasteiger partial charge in [-0.25, -0.2) is 0 Å². The van der Waals surface area contributed by atoms with Crippen LogP contribution in [0.3, 0.4) is 0 Å². The first-order valence-corrected chi connectivity index (χ1v) is 7.13. The number of amides is 1. The Balaban J connectivity index is 1.95. The number of nitrogens with one attached hydrogen (secondary N) is 2. The minimum absolute atomic E-state index is 0.0531. The number of anilines is 1. The van der Waals surface area contributed by atoms with Crippen LogP contribution in [0.4, 0.5) is 5.69 Å². The second-order valence-electron chi connectivity index (χ2n) is 5.97. The molecule has 1 aromatic rings. The summed E-state index contributed by atoms with van der Waals surface area (Å²) in [5.41, 5.74) is 1.61. The maximum absolute atomic E-state index is 12.3. The lowest BCUT2D eigenvalue weighted by atomic mass is 9.80. The Labute approximate surface area is 120 Å². The third-order valence-corrected chi connectivity index (χ3v) is 4.20. The molecule has 1 aromatic heterocycles. The van der Waals surface area contributed by atoms with E-state index in [-0.39, 0.29) is 11.3 Å². The number of hydrogen-bond acceptors (Lipinski definition) is 4. The van der Waals surface area contributed by atoms with Crippen molar-refractivity contribution in [1.29, 1.82) is 0 Å². The molecule has 1 saturated heterocycles. The molecule has 0 atom stereocenters. The third kappa shape index (κ3) is 3.48. The quantitative estimate of drug-likeness (QED) is 0.877. The van der Waals surface area contributed by atoms with Crippen molar-refractivity contribution in [3.05, 3.63) is 24.0 Å². The van der Waals surface area contributed by atoms with Gasteiger partial charge in [0.2, 0.25) is 0 Å². The number of carbonyl (C=O) groups is 1. The lowest BCUT2D eigenvalue weighted by Gasteiger charge is -2.38. The summed E-state index contributed by atoms with van der Waals surface area (Å²) < 4.78 is 0. The Kier molecular flexibility index (Phi) is 4.60. The highest BCUT2D eigenvalue weighted by Crippen LogP contribution is 2.29. The lowest BCUT2D eigenvalue weighted by Crippen LogP contribution is -2.43. The number of pyridine rings is 1. The molecule has 0 radical (unpaired) electrons. The van der Waals surface area contributed by atoms with Gasteiger partial charge in [0.1, 0.15) is 0 Å². The molecule has 1 fully saturated rings. The summed E-state index contributed by atoms with van der Waals surface area (Å²) in [5.74, 6) is -0.0531. The van der Waals surface area contributed by atoms with Crippen LogP contribution in [0.1, 0.15) is 30.1 Å². The lowest BCUT2D eigenvalue weighted by molar-refractivity contribution is 0.0892. The molecule has 0 spiro atoms. The second-order valence-corrected chi connectivity index (χ2v) is 5.97. The molecule has 2 rings (SSSR count). The van der Waals surface area contributed by atoms with E-state index in [9.17, 15) is 4.79 Å². The monoisotopic (exact) mass is 276 g/mol. The van der Waals surface area contributed by atoms with Crippen LogP contribution in [0.25, 0.3) is 0 Å². The highest BCUT2D eigenvalue weighted by molar-refractivity contribution is 5.99. The first kappa shape index (κ1) is 14.8. The van der Waals surface area contributed by atoms with E-state index < -0.39 is 0 Å². The van der Waals surface area contributed by atoms with Crippen LogP contribution < -0.4 is 10.6 Å². The van der Waals surface area contributed by atoms with E-state index in [2.05, 4.69) is 34.5 Å². The zero-order chi connectivity index (χ0) is 14.6. The Bertz CT molecular complexity index is 467. The van der Waals surface area contributed by atoms with Gasteiger partial charge in [-0.3, -0.25) is 9.78 Å². The molecule has 5 nitrogen and oxygen atoms in total. The molecule has 0 unspecified atom stereocenters. The normalized spacial score (nSPS) is 18.6. The van der Waals surface area contributed by atoms with Crippen LogP contribution >= 0.6 is 0 Å². The molecular formula is C15H24N4O. The van der Waals surface area contributed by atoms with Gasteiger partial charge in [0.25, 0.3) is 5.91 Å².